The zero-order valence-electron chi connectivity index (χ0n) is 37.9. The Labute approximate surface area is 392 Å². The fourth-order valence-electron chi connectivity index (χ4n) is 13.3. The number of allylic oxidation sites excluding steroid dienone is 12. The normalized spacial score (nSPS) is 18.7. The van der Waals surface area contributed by atoms with E-state index in [9.17, 15) is 0 Å². The summed E-state index contributed by atoms with van der Waals surface area (Å²) in [7, 11) is 0. The summed E-state index contributed by atoms with van der Waals surface area (Å²) in [5.74, 6) is 0.561. The summed E-state index contributed by atoms with van der Waals surface area (Å²) < 4.78 is 4.82. The molecule has 0 aliphatic heterocycles. The van der Waals surface area contributed by atoms with Crippen LogP contribution in [-0.4, -0.2) is 9.13 Å². The summed E-state index contributed by atoms with van der Waals surface area (Å²) in [6.45, 7) is 0. The lowest BCUT2D eigenvalue weighted by molar-refractivity contribution is 0.347. The molecule has 1 fully saturated rings. The molecular formula is C65H52N2. The van der Waals surface area contributed by atoms with Gasteiger partial charge in [0.25, 0.3) is 0 Å². The first-order chi connectivity index (χ1) is 33.2. The lowest BCUT2D eigenvalue weighted by Crippen LogP contribution is -2.29. The van der Waals surface area contributed by atoms with Crippen LogP contribution in [0.4, 0.5) is 0 Å². The van der Waals surface area contributed by atoms with Gasteiger partial charge < -0.3 is 9.13 Å². The first-order valence-electron chi connectivity index (χ1n) is 24.7. The van der Waals surface area contributed by atoms with Crippen molar-refractivity contribution in [2.45, 2.75) is 63.2 Å². The monoisotopic (exact) mass is 860 g/mol. The fourth-order valence-corrected chi connectivity index (χ4v) is 13.3. The van der Waals surface area contributed by atoms with Gasteiger partial charge in [-0.25, -0.2) is 0 Å². The molecule has 0 N–H and O–H groups in total. The molecule has 7 aromatic carbocycles. The van der Waals surface area contributed by atoms with Gasteiger partial charge in [-0.15, -0.1) is 0 Å². The molecule has 67 heavy (non-hydrogen) atoms. The number of hydrogen-bond acceptors (Lipinski definition) is 0. The number of aromatic nitrogens is 2. The Hall–Kier alpha value is -7.42. The number of fused-ring (bicyclic) bond motifs is 11. The standard InChI is InChI=1S/C65H52N2/c1-3-13-51(14-4-1)66-61-19-9-7-17-55(61)57-39-47(31-35-63(57)66)43-21-25-45(26-22-43)49-29-33-53-54-34-30-50(42-60(54)65(59(53)41-49)37-11-12-38-65)46-27-23-44(24-28-46)48-32-36-64-58(40-48)56-18-8-10-20-62(56)67(64)52-15-5-2-6-16-52/h1-10,13-21,23,25,27,29-36,39-41,60H,11-12,22,24,26,28,37-38,42H2. The average molecular weight is 861 g/mol. The van der Waals surface area contributed by atoms with Crippen molar-refractivity contribution >= 4 is 65.9 Å². The Kier molecular flexibility index (Phi) is 8.88. The van der Waals surface area contributed by atoms with Crippen LogP contribution < -0.4 is 0 Å². The predicted molar refractivity (Wildman–Crippen MR) is 283 cm³/mol. The minimum Gasteiger partial charge on any atom is -0.309 e. The zero-order chi connectivity index (χ0) is 44.1. The SMILES string of the molecule is C1=C(C2=CC=C3c4ccc(C5=CC=C(c6ccc7c(c6)c6ccccc6n7-c6ccccc6)CC5)cc4C4(CCCC4)C3C2)CCC(c2ccc3c(c2)c2ccccc2n3-c2ccccc2)=C1. The summed E-state index contributed by atoms with van der Waals surface area (Å²) in [5, 5.41) is 5.26. The van der Waals surface area contributed by atoms with Gasteiger partial charge in [-0.1, -0.05) is 152 Å². The van der Waals surface area contributed by atoms with Crippen molar-refractivity contribution in [3.05, 3.63) is 239 Å². The highest BCUT2D eigenvalue weighted by atomic mass is 15.0. The van der Waals surface area contributed by atoms with E-state index in [1.807, 2.05) is 0 Å². The Balaban J connectivity index is 0.744. The summed E-state index contributed by atoms with van der Waals surface area (Å²) in [4.78, 5) is 0. The molecule has 5 aliphatic rings. The molecule has 2 heterocycles. The Morgan fingerprint density at radius 1 is 0.373 bits per heavy atom. The molecule has 2 heteroatoms. The van der Waals surface area contributed by atoms with Crippen LogP contribution in [0.5, 0.6) is 0 Å². The van der Waals surface area contributed by atoms with Crippen LogP contribution in [0, 0.1) is 5.92 Å². The fraction of sp³-hybridized carbons (Fsp3) is 0.169. The molecule has 0 amide bonds. The van der Waals surface area contributed by atoms with Gasteiger partial charge in [-0.05, 0) is 173 Å². The van der Waals surface area contributed by atoms with E-state index < -0.39 is 0 Å². The quantitative estimate of drug-likeness (QED) is 0.158. The second-order valence-electron chi connectivity index (χ2n) is 19.8. The third-order valence-electron chi connectivity index (χ3n) is 16.5. The number of rotatable bonds is 6. The minimum atomic E-state index is 0.242. The Morgan fingerprint density at radius 3 is 1.36 bits per heavy atom. The van der Waals surface area contributed by atoms with Crippen molar-refractivity contribution < 1.29 is 0 Å². The van der Waals surface area contributed by atoms with Crippen molar-refractivity contribution in [3.63, 3.8) is 0 Å². The van der Waals surface area contributed by atoms with E-state index in [4.69, 9.17) is 0 Å². The topological polar surface area (TPSA) is 9.86 Å². The molecule has 0 radical (unpaired) electrons. The van der Waals surface area contributed by atoms with E-state index in [0.717, 1.165) is 32.1 Å². The number of nitrogens with zero attached hydrogens (tertiary/aromatic N) is 2. The van der Waals surface area contributed by atoms with Crippen LogP contribution in [0.2, 0.25) is 0 Å². The molecule has 5 aliphatic carbocycles. The maximum Gasteiger partial charge on any atom is 0.0541 e. The largest absolute Gasteiger partial charge is 0.309 e. The van der Waals surface area contributed by atoms with Crippen LogP contribution in [0.15, 0.2) is 211 Å². The highest BCUT2D eigenvalue weighted by molar-refractivity contribution is 6.11. The lowest BCUT2D eigenvalue weighted by atomic mass is 9.68. The van der Waals surface area contributed by atoms with E-state index in [0.29, 0.717) is 5.92 Å². The maximum absolute atomic E-state index is 2.64. The third-order valence-corrected chi connectivity index (χ3v) is 16.5. The van der Waals surface area contributed by atoms with Gasteiger partial charge in [0.1, 0.15) is 0 Å². The molecule has 0 saturated heterocycles. The average Bonchev–Trinajstić information content (AvgIpc) is 4.17. The molecule has 9 aromatic rings. The molecule has 14 rings (SSSR count). The number of para-hydroxylation sites is 4. The van der Waals surface area contributed by atoms with Crippen LogP contribution in [0.25, 0.3) is 77.3 Å². The van der Waals surface area contributed by atoms with Crippen molar-refractivity contribution in [3.8, 4) is 11.4 Å². The molecular weight excluding hydrogens is 809 g/mol. The van der Waals surface area contributed by atoms with Crippen molar-refractivity contribution in [2.24, 2.45) is 5.92 Å². The van der Waals surface area contributed by atoms with Crippen LogP contribution in [0.3, 0.4) is 0 Å². The van der Waals surface area contributed by atoms with Crippen LogP contribution in [-0.2, 0) is 5.41 Å². The summed E-state index contributed by atoms with van der Waals surface area (Å²) in [5.41, 5.74) is 24.0. The third kappa shape index (κ3) is 6.08. The lowest BCUT2D eigenvalue weighted by Gasteiger charge is -2.35. The van der Waals surface area contributed by atoms with Gasteiger partial charge in [0.05, 0.1) is 22.1 Å². The van der Waals surface area contributed by atoms with Gasteiger partial charge >= 0.3 is 0 Å². The molecule has 2 nitrogen and oxygen atoms in total. The summed E-state index contributed by atoms with van der Waals surface area (Å²) >= 11 is 0. The molecule has 1 atom stereocenters. The zero-order valence-corrected chi connectivity index (χ0v) is 37.9. The van der Waals surface area contributed by atoms with E-state index in [1.165, 1.54) is 125 Å². The number of hydrogen-bond donors (Lipinski definition) is 0. The van der Waals surface area contributed by atoms with Crippen molar-refractivity contribution in [1.82, 2.24) is 9.13 Å². The van der Waals surface area contributed by atoms with Gasteiger partial charge in [0.15, 0.2) is 0 Å². The maximum atomic E-state index is 2.64. The van der Waals surface area contributed by atoms with Gasteiger partial charge in [-0.3, -0.25) is 0 Å². The predicted octanol–water partition coefficient (Wildman–Crippen LogP) is 17.1. The van der Waals surface area contributed by atoms with Crippen molar-refractivity contribution in [2.75, 3.05) is 0 Å². The molecule has 2 aromatic heterocycles. The second kappa shape index (κ2) is 15.3. The molecule has 1 spiro atoms. The molecule has 1 unspecified atom stereocenters. The second-order valence-corrected chi connectivity index (χ2v) is 19.8. The number of benzene rings is 7. The highest BCUT2D eigenvalue weighted by Gasteiger charge is 2.51. The minimum absolute atomic E-state index is 0.242. The smallest absolute Gasteiger partial charge is 0.0541 e. The van der Waals surface area contributed by atoms with Gasteiger partial charge in [-0.2, -0.15) is 0 Å². The van der Waals surface area contributed by atoms with Gasteiger partial charge in [0, 0.05) is 38.3 Å². The summed E-state index contributed by atoms with van der Waals surface area (Å²) in [6.07, 6.45) is 25.4. The van der Waals surface area contributed by atoms with Gasteiger partial charge in [0.2, 0.25) is 0 Å². The van der Waals surface area contributed by atoms with E-state index in [2.05, 4.69) is 209 Å². The molecule has 1 saturated carbocycles. The van der Waals surface area contributed by atoms with Crippen molar-refractivity contribution in [1.29, 1.82) is 0 Å². The first kappa shape index (κ1) is 38.8. The molecule has 0 bridgehead atoms. The first-order valence-corrected chi connectivity index (χ1v) is 24.7. The Bertz CT molecular complexity index is 3700. The van der Waals surface area contributed by atoms with E-state index in [1.54, 1.807) is 16.7 Å². The highest BCUT2D eigenvalue weighted by Crippen LogP contribution is 2.62. The van der Waals surface area contributed by atoms with Crippen LogP contribution in [0.1, 0.15) is 85.6 Å². The van der Waals surface area contributed by atoms with E-state index in [-0.39, 0.29) is 5.41 Å². The van der Waals surface area contributed by atoms with Crippen LogP contribution >= 0.6 is 0 Å². The molecule has 322 valence electrons. The van der Waals surface area contributed by atoms with E-state index >= 15 is 0 Å². The Morgan fingerprint density at radius 2 is 0.821 bits per heavy atom. The summed E-state index contributed by atoms with van der Waals surface area (Å²) in [6, 6.07) is 61.0.